The maximum atomic E-state index is 11.0. The number of hydrogen-bond donors (Lipinski definition) is 2. The molecular weight excluding hydrogens is 432 g/mol. The number of aliphatic carboxylic acids is 1. The quantitative estimate of drug-likeness (QED) is 0.584. The fourth-order valence-electron chi connectivity index (χ4n) is 4.75. The first-order valence-corrected chi connectivity index (χ1v) is 11.6. The van der Waals surface area contributed by atoms with Crippen molar-refractivity contribution in [3.05, 3.63) is 47.8 Å². The van der Waals surface area contributed by atoms with Gasteiger partial charge in [-0.15, -0.1) is 0 Å². The van der Waals surface area contributed by atoms with Gasteiger partial charge in [-0.3, -0.25) is 9.48 Å². The Bertz CT molecular complexity index is 1200. The summed E-state index contributed by atoms with van der Waals surface area (Å²) in [5, 5.41) is 13.2. The minimum absolute atomic E-state index is 0.152. The summed E-state index contributed by atoms with van der Waals surface area (Å²) in [5.41, 5.74) is 10.6. The Labute approximate surface area is 198 Å². The third-order valence-electron chi connectivity index (χ3n) is 6.70. The molecule has 0 radical (unpaired) electrons. The number of nitrogens with zero attached hydrogens (tertiary/aromatic N) is 7. The largest absolute Gasteiger partial charge is 0.480 e. The maximum Gasteiger partial charge on any atom is 0.325 e. The highest BCUT2D eigenvalue weighted by atomic mass is 16.4. The first kappa shape index (κ1) is 22.1. The molecule has 2 aliphatic rings. The van der Waals surface area contributed by atoms with E-state index in [4.69, 9.17) is 10.8 Å². The molecular formula is C24H30N8O2. The van der Waals surface area contributed by atoms with Crippen LogP contribution in [0.1, 0.15) is 18.1 Å². The molecule has 0 aliphatic carbocycles. The summed E-state index contributed by atoms with van der Waals surface area (Å²) in [7, 11) is 2.13. The van der Waals surface area contributed by atoms with Crippen LogP contribution in [0.15, 0.2) is 36.7 Å². The van der Waals surface area contributed by atoms with E-state index in [-0.39, 0.29) is 12.6 Å². The standard InChI is InChI=1S/C24H30N8O2/c1-16-9-17-3-4-18(20-12-26-31(13-20)15-23(33)34)10-19(17)14-32(16)22-11-21(27-24(25)28-22)30-7-5-29(2)6-8-30/h3-4,10-13,16H,5-9,14-15H2,1-2H3,(H,33,34)(H2,25,27,28). The molecule has 1 atom stereocenters. The number of benzene rings is 1. The van der Waals surface area contributed by atoms with Crippen molar-refractivity contribution in [1.82, 2.24) is 24.6 Å². The Morgan fingerprint density at radius 3 is 2.62 bits per heavy atom. The second-order valence-electron chi connectivity index (χ2n) is 9.22. The van der Waals surface area contributed by atoms with Gasteiger partial charge in [-0.1, -0.05) is 12.1 Å². The molecule has 10 heteroatoms. The molecule has 1 saturated heterocycles. The first-order valence-electron chi connectivity index (χ1n) is 11.6. The van der Waals surface area contributed by atoms with Gasteiger partial charge in [-0.2, -0.15) is 15.1 Å². The highest BCUT2D eigenvalue weighted by Gasteiger charge is 2.26. The molecule has 1 fully saturated rings. The number of piperazine rings is 1. The van der Waals surface area contributed by atoms with E-state index in [2.05, 4.69) is 68.0 Å². The SMILES string of the molecule is CC1Cc2ccc(-c3cnn(CC(=O)O)c3)cc2CN1c1cc(N2CCN(C)CC2)nc(N)n1. The van der Waals surface area contributed by atoms with Crippen LogP contribution in [0.2, 0.25) is 0 Å². The third-order valence-corrected chi connectivity index (χ3v) is 6.70. The topological polar surface area (TPSA) is 117 Å². The number of carbonyl (C=O) groups is 1. The summed E-state index contributed by atoms with van der Waals surface area (Å²) < 4.78 is 1.44. The molecule has 0 saturated carbocycles. The summed E-state index contributed by atoms with van der Waals surface area (Å²) in [6.45, 7) is 6.61. The monoisotopic (exact) mass is 462 g/mol. The van der Waals surface area contributed by atoms with Crippen molar-refractivity contribution in [2.75, 3.05) is 48.8 Å². The molecule has 2 aliphatic heterocycles. The number of carboxylic acids is 1. The average molecular weight is 463 g/mol. The minimum atomic E-state index is -0.912. The van der Waals surface area contributed by atoms with Crippen LogP contribution < -0.4 is 15.5 Å². The molecule has 4 heterocycles. The van der Waals surface area contributed by atoms with Gasteiger partial charge in [0.25, 0.3) is 0 Å². The summed E-state index contributed by atoms with van der Waals surface area (Å²) in [6, 6.07) is 8.74. The second-order valence-corrected chi connectivity index (χ2v) is 9.22. The number of rotatable bonds is 5. The van der Waals surface area contributed by atoms with Crippen LogP contribution in [-0.4, -0.2) is 75.0 Å². The molecule has 10 nitrogen and oxygen atoms in total. The van der Waals surface area contributed by atoms with Crippen LogP contribution in [-0.2, 0) is 24.3 Å². The van der Waals surface area contributed by atoms with Gasteiger partial charge in [0, 0.05) is 56.6 Å². The number of likely N-dealkylation sites (N-methyl/N-ethyl adjacent to an activating group) is 1. The first-order chi connectivity index (χ1) is 16.4. The zero-order chi connectivity index (χ0) is 23.8. The predicted molar refractivity (Wildman–Crippen MR) is 131 cm³/mol. The van der Waals surface area contributed by atoms with Crippen molar-refractivity contribution in [1.29, 1.82) is 0 Å². The molecule has 0 bridgehead atoms. The van der Waals surface area contributed by atoms with E-state index >= 15 is 0 Å². The number of fused-ring (bicyclic) bond motifs is 1. The van der Waals surface area contributed by atoms with Gasteiger partial charge < -0.3 is 25.5 Å². The smallest absolute Gasteiger partial charge is 0.325 e. The van der Waals surface area contributed by atoms with Crippen molar-refractivity contribution < 1.29 is 9.90 Å². The van der Waals surface area contributed by atoms with Crippen molar-refractivity contribution >= 4 is 23.6 Å². The number of hydrogen-bond acceptors (Lipinski definition) is 8. The van der Waals surface area contributed by atoms with Gasteiger partial charge in [0.05, 0.1) is 6.20 Å². The van der Waals surface area contributed by atoms with E-state index < -0.39 is 5.97 Å². The average Bonchev–Trinajstić information content (AvgIpc) is 3.26. The summed E-state index contributed by atoms with van der Waals surface area (Å²) in [6.07, 6.45) is 4.38. The number of anilines is 3. The Morgan fingerprint density at radius 2 is 1.85 bits per heavy atom. The molecule has 1 unspecified atom stereocenters. The van der Waals surface area contributed by atoms with Gasteiger partial charge in [-0.25, -0.2) is 0 Å². The van der Waals surface area contributed by atoms with Crippen LogP contribution >= 0.6 is 0 Å². The fourth-order valence-corrected chi connectivity index (χ4v) is 4.75. The lowest BCUT2D eigenvalue weighted by molar-refractivity contribution is -0.137. The van der Waals surface area contributed by atoms with Crippen LogP contribution in [0.5, 0.6) is 0 Å². The molecule has 1 aromatic carbocycles. The van der Waals surface area contributed by atoms with E-state index in [1.54, 1.807) is 12.4 Å². The summed E-state index contributed by atoms with van der Waals surface area (Å²) in [4.78, 5) is 27.0. The molecule has 5 rings (SSSR count). The summed E-state index contributed by atoms with van der Waals surface area (Å²) >= 11 is 0. The van der Waals surface area contributed by atoms with Crippen LogP contribution in [0.25, 0.3) is 11.1 Å². The molecule has 0 amide bonds. The lowest BCUT2D eigenvalue weighted by atomic mass is 9.92. The fraction of sp³-hybridized carbons (Fsp3) is 0.417. The van der Waals surface area contributed by atoms with E-state index in [1.165, 1.54) is 15.8 Å². The second kappa shape index (κ2) is 8.94. The van der Waals surface area contributed by atoms with Crippen molar-refractivity contribution in [2.45, 2.75) is 32.5 Å². The lowest BCUT2D eigenvalue weighted by Gasteiger charge is -2.37. The van der Waals surface area contributed by atoms with Gasteiger partial charge in [-0.05, 0) is 43.1 Å². The van der Waals surface area contributed by atoms with E-state index in [9.17, 15) is 4.79 Å². The van der Waals surface area contributed by atoms with Crippen molar-refractivity contribution in [3.8, 4) is 11.1 Å². The molecule has 3 N–H and O–H groups in total. The van der Waals surface area contributed by atoms with Crippen molar-refractivity contribution in [3.63, 3.8) is 0 Å². The highest BCUT2D eigenvalue weighted by molar-refractivity contribution is 5.68. The zero-order valence-corrected chi connectivity index (χ0v) is 19.6. The Kier molecular flexibility index (Phi) is 5.82. The number of nitrogens with two attached hydrogens (primary N) is 1. The van der Waals surface area contributed by atoms with E-state index in [1.807, 2.05) is 0 Å². The third kappa shape index (κ3) is 4.54. The highest BCUT2D eigenvalue weighted by Crippen LogP contribution is 2.32. The Morgan fingerprint density at radius 1 is 1.09 bits per heavy atom. The molecule has 178 valence electrons. The lowest BCUT2D eigenvalue weighted by Crippen LogP contribution is -2.45. The van der Waals surface area contributed by atoms with Crippen molar-refractivity contribution in [2.24, 2.45) is 0 Å². The predicted octanol–water partition coefficient (Wildman–Crippen LogP) is 1.71. The van der Waals surface area contributed by atoms with Gasteiger partial charge >= 0.3 is 5.97 Å². The minimum Gasteiger partial charge on any atom is -0.480 e. The van der Waals surface area contributed by atoms with Crippen LogP contribution in [0, 0.1) is 0 Å². The normalized spacial score (nSPS) is 18.7. The molecule has 2 aromatic heterocycles. The Balaban J connectivity index is 1.40. The zero-order valence-electron chi connectivity index (χ0n) is 19.6. The molecule has 0 spiro atoms. The van der Waals surface area contributed by atoms with Gasteiger partial charge in [0.2, 0.25) is 5.95 Å². The molecule has 34 heavy (non-hydrogen) atoms. The summed E-state index contributed by atoms with van der Waals surface area (Å²) in [5.74, 6) is 1.11. The maximum absolute atomic E-state index is 11.0. The number of carboxylic acid groups (broad SMARTS) is 1. The Hall–Kier alpha value is -3.66. The van der Waals surface area contributed by atoms with Crippen LogP contribution in [0.3, 0.4) is 0 Å². The van der Waals surface area contributed by atoms with Gasteiger partial charge in [0.15, 0.2) is 0 Å². The molecule has 3 aromatic rings. The number of nitrogen functional groups attached to an aromatic ring is 1. The van der Waals surface area contributed by atoms with E-state index in [0.717, 1.165) is 55.4 Å². The van der Waals surface area contributed by atoms with E-state index in [0.29, 0.717) is 12.5 Å². The van der Waals surface area contributed by atoms with Crippen LogP contribution in [0.4, 0.5) is 17.6 Å². The van der Waals surface area contributed by atoms with Gasteiger partial charge in [0.1, 0.15) is 18.2 Å². The number of aromatic nitrogens is 4.